The topological polar surface area (TPSA) is 101 Å². The average molecular weight is 429 g/mol. The fraction of sp³-hybridized carbons (Fsp3) is 0.538. The van der Waals surface area contributed by atoms with Gasteiger partial charge in [-0.05, 0) is 66.3 Å². The maximum atomic E-state index is 12.2. The van der Waals surface area contributed by atoms with Crippen molar-refractivity contribution in [3.8, 4) is 0 Å². The van der Waals surface area contributed by atoms with Gasteiger partial charge < -0.3 is 5.32 Å². The molecule has 0 radical (unpaired) electrons. The van der Waals surface area contributed by atoms with Crippen LogP contribution in [0.5, 0.6) is 0 Å². The van der Waals surface area contributed by atoms with Gasteiger partial charge in [-0.3, -0.25) is 10.1 Å². The summed E-state index contributed by atoms with van der Waals surface area (Å²) in [7, 11) is -3.65. The second-order valence-electron chi connectivity index (χ2n) is 5.27. The molecule has 2 rings (SSSR count). The quantitative estimate of drug-likeness (QED) is 0.535. The van der Waals surface area contributed by atoms with E-state index in [9.17, 15) is 18.5 Å². The van der Waals surface area contributed by atoms with Crippen LogP contribution in [-0.2, 0) is 10.0 Å². The van der Waals surface area contributed by atoms with Crippen LogP contribution in [0.2, 0.25) is 0 Å². The number of piperidine rings is 1. The Hall–Kier alpha value is -0.740. The number of nitrogens with zero attached hydrogens (tertiary/aromatic N) is 1. The standard InChI is InChI=1S/C13H18BrN3O4S.ClH/c14-12-8-11(3-4-13(12)17(18)19)22(20,21)16-7-5-10-2-1-6-15-9-10;/h3-4,8,10,15-16H,1-2,5-7,9H2;1H. The lowest BCUT2D eigenvalue weighted by atomic mass is 9.96. The molecule has 23 heavy (non-hydrogen) atoms. The van der Waals surface area contributed by atoms with Gasteiger partial charge in [0, 0.05) is 12.6 Å². The highest BCUT2D eigenvalue weighted by atomic mass is 79.9. The number of benzene rings is 1. The molecule has 130 valence electrons. The molecule has 1 fully saturated rings. The molecule has 1 aliphatic heterocycles. The van der Waals surface area contributed by atoms with Gasteiger partial charge in [0.1, 0.15) is 0 Å². The molecule has 1 aromatic rings. The van der Waals surface area contributed by atoms with Gasteiger partial charge in [-0.25, -0.2) is 13.1 Å². The maximum absolute atomic E-state index is 12.2. The monoisotopic (exact) mass is 427 g/mol. The molecule has 7 nitrogen and oxygen atoms in total. The van der Waals surface area contributed by atoms with Crippen LogP contribution >= 0.6 is 28.3 Å². The van der Waals surface area contributed by atoms with E-state index in [1.807, 2.05) is 0 Å². The van der Waals surface area contributed by atoms with Crippen LogP contribution in [-0.4, -0.2) is 33.0 Å². The Morgan fingerprint density at radius 1 is 1.43 bits per heavy atom. The molecule has 0 aliphatic carbocycles. The number of rotatable bonds is 6. The first kappa shape index (κ1) is 20.3. The van der Waals surface area contributed by atoms with Crippen LogP contribution in [0.3, 0.4) is 0 Å². The summed E-state index contributed by atoms with van der Waals surface area (Å²) in [5.74, 6) is 0.486. The molecule has 1 atom stereocenters. The molecule has 2 N–H and O–H groups in total. The summed E-state index contributed by atoms with van der Waals surface area (Å²) in [5.41, 5.74) is -0.160. The Labute approximate surface area is 150 Å². The van der Waals surface area contributed by atoms with Gasteiger partial charge in [0.15, 0.2) is 0 Å². The third-order valence-electron chi connectivity index (χ3n) is 3.67. The summed E-state index contributed by atoms with van der Waals surface area (Å²) >= 11 is 3.03. The predicted octanol–water partition coefficient (Wildman–Crippen LogP) is 2.45. The SMILES string of the molecule is Cl.O=[N+]([O-])c1ccc(S(=O)(=O)NCCC2CCCNC2)cc1Br. The molecule has 1 aromatic carbocycles. The molecule has 0 aromatic heterocycles. The van der Waals surface area contributed by atoms with Gasteiger partial charge in [-0.2, -0.15) is 0 Å². The summed E-state index contributed by atoms with van der Waals surface area (Å²) in [6.45, 7) is 2.31. The van der Waals surface area contributed by atoms with Gasteiger partial charge >= 0.3 is 0 Å². The van der Waals surface area contributed by atoms with Gasteiger partial charge in [-0.15, -0.1) is 12.4 Å². The van der Waals surface area contributed by atoms with Gasteiger partial charge in [0.25, 0.3) is 5.69 Å². The van der Waals surface area contributed by atoms with Gasteiger partial charge in [0.05, 0.1) is 14.3 Å². The van der Waals surface area contributed by atoms with Crippen LogP contribution < -0.4 is 10.0 Å². The Balaban J connectivity index is 0.00000264. The van der Waals surface area contributed by atoms with Crippen molar-refractivity contribution in [3.63, 3.8) is 0 Å². The second kappa shape index (κ2) is 8.93. The number of nitrogens with one attached hydrogen (secondary N) is 2. The third-order valence-corrected chi connectivity index (χ3v) is 5.76. The summed E-state index contributed by atoms with van der Waals surface area (Å²) < 4.78 is 27.1. The lowest BCUT2D eigenvalue weighted by Gasteiger charge is -2.22. The molecular weight excluding hydrogens is 410 g/mol. The van der Waals surface area contributed by atoms with Crippen LogP contribution in [0.4, 0.5) is 5.69 Å². The largest absolute Gasteiger partial charge is 0.316 e. The number of hydrogen-bond acceptors (Lipinski definition) is 5. The smallest absolute Gasteiger partial charge is 0.283 e. The van der Waals surface area contributed by atoms with Crippen molar-refractivity contribution >= 4 is 44.0 Å². The molecule has 10 heteroatoms. The van der Waals surface area contributed by atoms with Gasteiger partial charge in [-0.1, -0.05) is 0 Å². The Bertz CT molecular complexity index is 651. The third kappa shape index (κ3) is 5.68. The number of nitro benzene ring substituents is 1. The zero-order valence-electron chi connectivity index (χ0n) is 12.3. The average Bonchev–Trinajstić information content (AvgIpc) is 2.47. The van der Waals surface area contributed by atoms with Crippen LogP contribution in [0.25, 0.3) is 0 Å². The minimum atomic E-state index is -3.65. The maximum Gasteiger partial charge on any atom is 0.283 e. The first-order valence-electron chi connectivity index (χ1n) is 7.04. The number of halogens is 2. The summed E-state index contributed by atoms with van der Waals surface area (Å²) in [6.07, 6.45) is 3.00. The molecule has 0 amide bonds. The van der Waals surface area contributed by atoms with Crippen LogP contribution in [0.15, 0.2) is 27.6 Å². The molecule has 1 aliphatic rings. The summed E-state index contributed by atoms with van der Waals surface area (Å²) in [5, 5.41) is 14.0. The fourth-order valence-corrected chi connectivity index (χ4v) is 4.20. The van der Waals surface area contributed by atoms with E-state index in [4.69, 9.17) is 0 Å². The van der Waals surface area contributed by atoms with E-state index < -0.39 is 14.9 Å². The molecule has 1 saturated heterocycles. The normalized spacial score (nSPS) is 18.2. The molecule has 0 saturated carbocycles. The number of hydrogen-bond donors (Lipinski definition) is 2. The highest BCUT2D eigenvalue weighted by molar-refractivity contribution is 9.10. The zero-order valence-corrected chi connectivity index (χ0v) is 15.5. The summed E-state index contributed by atoms with van der Waals surface area (Å²) in [4.78, 5) is 10.2. The Morgan fingerprint density at radius 3 is 2.74 bits per heavy atom. The van der Waals surface area contributed by atoms with E-state index in [2.05, 4.69) is 26.0 Å². The predicted molar refractivity (Wildman–Crippen MR) is 93.4 cm³/mol. The van der Waals surface area contributed by atoms with Crippen LogP contribution in [0.1, 0.15) is 19.3 Å². The molecule has 0 bridgehead atoms. The van der Waals surface area contributed by atoms with Crippen molar-refractivity contribution in [2.75, 3.05) is 19.6 Å². The van der Waals surface area contributed by atoms with E-state index >= 15 is 0 Å². The molecule has 1 unspecified atom stereocenters. The first-order valence-corrected chi connectivity index (χ1v) is 9.32. The lowest BCUT2D eigenvalue weighted by molar-refractivity contribution is -0.385. The van der Waals surface area contributed by atoms with E-state index in [1.165, 1.54) is 18.2 Å². The van der Waals surface area contributed by atoms with Gasteiger partial charge in [0.2, 0.25) is 10.0 Å². The minimum Gasteiger partial charge on any atom is -0.316 e. The van der Waals surface area contributed by atoms with Crippen molar-refractivity contribution in [2.24, 2.45) is 5.92 Å². The fourth-order valence-electron chi connectivity index (χ4n) is 2.45. The minimum absolute atomic E-state index is 0. The Morgan fingerprint density at radius 2 is 2.17 bits per heavy atom. The highest BCUT2D eigenvalue weighted by Crippen LogP contribution is 2.27. The van der Waals surface area contributed by atoms with E-state index in [0.29, 0.717) is 12.5 Å². The van der Waals surface area contributed by atoms with Crippen LogP contribution in [0, 0.1) is 16.0 Å². The van der Waals surface area contributed by atoms with E-state index in [-0.39, 0.29) is 27.5 Å². The lowest BCUT2D eigenvalue weighted by Crippen LogP contribution is -2.33. The number of nitro groups is 1. The van der Waals surface area contributed by atoms with Crippen molar-refractivity contribution in [1.82, 2.24) is 10.0 Å². The number of sulfonamides is 1. The van der Waals surface area contributed by atoms with Crippen molar-refractivity contribution in [1.29, 1.82) is 0 Å². The molecule has 0 spiro atoms. The highest BCUT2D eigenvalue weighted by Gasteiger charge is 2.20. The first-order chi connectivity index (χ1) is 10.4. The zero-order chi connectivity index (χ0) is 16.2. The van der Waals surface area contributed by atoms with Crippen molar-refractivity contribution in [3.05, 3.63) is 32.8 Å². The van der Waals surface area contributed by atoms with E-state index in [0.717, 1.165) is 32.4 Å². The molecule has 1 heterocycles. The Kier molecular flexibility index (Phi) is 7.88. The van der Waals surface area contributed by atoms with E-state index in [1.54, 1.807) is 0 Å². The van der Waals surface area contributed by atoms with Crippen molar-refractivity contribution in [2.45, 2.75) is 24.2 Å². The summed E-state index contributed by atoms with van der Waals surface area (Å²) in [6, 6.07) is 3.68. The second-order valence-corrected chi connectivity index (χ2v) is 7.89. The molecular formula is C13H19BrClN3O4S. The van der Waals surface area contributed by atoms with Crippen molar-refractivity contribution < 1.29 is 13.3 Å².